The fourth-order valence-electron chi connectivity index (χ4n) is 2.64. The molecule has 0 N–H and O–H groups in total. The molecule has 0 fully saturated rings. The van der Waals surface area contributed by atoms with Gasteiger partial charge in [-0.2, -0.15) is 0 Å². The maximum atomic E-state index is 5.73. The summed E-state index contributed by atoms with van der Waals surface area (Å²) in [5, 5.41) is 0. The molecule has 0 bridgehead atoms. The third-order valence-electron chi connectivity index (χ3n) is 4.21. The van der Waals surface area contributed by atoms with E-state index in [9.17, 15) is 0 Å². The Kier molecular flexibility index (Phi) is 6.28. The Hall–Kier alpha value is -1.31. The van der Waals surface area contributed by atoms with Gasteiger partial charge in [0.15, 0.2) is 0 Å². The minimum atomic E-state index is 0.318. The monoisotopic (exact) mass is 287 g/mol. The number of ether oxygens (including phenoxy) is 1. The largest absolute Gasteiger partial charge is 0.475 e. The molecule has 1 atom stereocenters. The number of hydrogen-bond donors (Lipinski definition) is 0. The molecule has 2 rings (SSSR count). The molecule has 1 aromatic rings. The smallest absolute Gasteiger partial charge is 0.216 e. The normalized spacial score (nSPS) is 17.9. The third-order valence-corrected chi connectivity index (χ3v) is 4.21. The van der Waals surface area contributed by atoms with Crippen molar-refractivity contribution in [1.82, 2.24) is 0 Å². The number of rotatable bonds is 8. The molecular weight excluding hydrogens is 258 g/mol. The Labute approximate surface area is 129 Å². The zero-order valence-electron chi connectivity index (χ0n) is 13.8. The molecule has 1 unspecified atom stereocenters. The second-order valence-electron chi connectivity index (χ2n) is 6.42. The van der Waals surface area contributed by atoms with E-state index in [1.165, 1.54) is 44.1 Å². The lowest BCUT2D eigenvalue weighted by atomic mass is 10.0. The lowest BCUT2D eigenvalue weighted by molar-refractivity contribution is 0.292. The summed E-state index contributed by atoms with van der Waals surface area (Å²) in [7, 11) is 0. The van der Waals surface area contributed by atoms with Crippen molar-refractivity contribution in [2.75, 3.05) is 6.61 Å². The zero-order valence-corrected chi connectivity index (χ0v) is 13.8. The molecule has 0 amide bonds. The van der Waals surface area contributed by atoms with Gasteiger partial charge in [0.25, 0.3) is 0 Å². The van der Waals surface area contributed by atoms with Crippen molar-refractivity contribution in [3.05, 3.63) is 35.4 Å². The fraction of sp³-hybridized carbons (Fsp3) is 0.632. The first-order valence-electron chi connectivity index (χ1n) is 8.50. The molecule has 2 heteroatoms. The van der Waals surface area contributed by atoms with Gasteiger partial charge in [0, 0.05) is 5.56 Å². The van der Waals surface area contributed by atoms with E-state index in [1.807, 2.05) is 0 Å². The van der Waals surface area contributed by atoms with Crippen molar-refractivity contribution in [2.45, 2.75) is 65.3 Å². The first kappa shape index (κ1) is 16.1. The lowest BCUT2D eigenvalue weighted by Gasteiger charge is -2.06. The molecular formula is C19H29NO. The molecule has 0 saturated carbocycles. The third kappa shape index (κ3) is 4.87. The molecule has 0 aliphatic carbocycles. The molecule has 1 aliphatic heterocycles. The Morgan fingerprint density at radius 1 is 1.10 bits per heavy atom. The van der Waals surface area contributed by atoms with Gasteiger partial charge in [0.1, 0.15) is 6.61 Å². The van der Waals surface area contributed by atoms with Crippen molar-refractivity contribution in [3.8, 4) is 0 Å². The topological polar surface area (TPSA) is 21.6 Å². The van der Waals surface area contributed by atoms with E-state index in [0.717, 1.165) is 18.1 Å². The van der Waals surface area contributed by atoms with Gasteiger partial charge < -0.3 is 4.74 Å². The molecule has 1 aliphatic rings. The molecule has 2 nitrogen and oxygen atoms in total. The quantitative estimate of drug-likeness (QED) is 0.616. The number of aryl methyl sites for hydroxylation is 1. The van der Waals surface area contributed by atoms with E-state index in [4.69, 9.17) is 4.74 Å². The average molecular weight is 287 g/mol. The van der Waals surface area contributed by atoms with Gasteiger partial charge in [-0.1, -0.05) is 58.6 Å². The van der Waals surface area contributed by atoms with Crippen LogP contribution in [-0.4, -0.2) is 18.5 Å². The van der Waals surface area contributed by atoms with Crippen molar-refractivity contribution in [2.24, 2.45) is 10.9 Å². The Bertz CT molecular complexity index is 447. The van der Waals surface area contributed by atoms with Crippen molar-refractivity contribution in [1.29, 1.82) is 0 Å². The predicted octanol–water partition coefficient (Wildman–Crippen LogP) is 5.00. The van der Waals surface area contributed by atoms with Crippen LogP contribution in [0.15, 0.2) is 29.3 Å². The van der Waals surface area contributed by atoms with Crippen LogP contribution in [0, 0.1) is 5.92 Å². The SMILES string of the molecule is CCCCCCCc1ccc(C2=NC(C(C)C)CO2)cc1. The summed E-state index contributed by atoms with van der Waals surface area (Å²) < 4.78 is 5.73. The van der Waals surface area contributed by atoms with Gasteiger partial charge in [0.05, 0.1) is 6.04 Å². The molecule has 116 valence electrons. The van der Waals surface area contributed by atoms with E-state index in [1.54, 1.807) is 0 Å². The second kappa shape index (κ2) is 8.21. The molecule has 0 radical (unpaired) electrons. The first-order chi connectivity index (χ1) is 10.2. The van der Waals surface area contributed by atoms with Crippen molar-refractivity contribution in [3.63, 3.8) is 0 Å². The van der Waals surface area contributed by atoms with Crippen LogP contribution in [0.2, 0.25) is 0 Å². The van der Waals surface area contributed by atoms with Gasteiger partial charge >= 0.3 is 0 Å². The van der Waals surface area contributed by atoms with Crippen LogP contribution in [0.1, 0.15) is 64.0 Å². The summed E-state index contributed by atoms with van der Waals surface area (Å²) in [6, 6.07) is 9.08. The summed E-state index contributed by atoms with van der Waals surface area (Å²) >= 11 is 0. The zero-order chi connectivity index (χ0) is 15.1. The minimum Gasteiger partial charge on any atom is -0.475 e. The Morgan fingerprint density at radius 2 is 1.81 bits per heavy atom. The van der Waals surface area contributed by atoms with Crippen LogP contribution in [0.3, 0.4) is 0 Å². The highest BCUT2D eigenvalue weighted by atomic mass is 16.5. The summed E-state index contributed by atoms with van der Waals surface area (Å²) in [6.07, 6.45) is 7.89. The second-order valence-corrected chi connectivity index (χ2v) is 6.42. The highest BCUT2D eigenvalue weighted by molar-refractivity contribution is 5.95. The fourth-order valence-corrected chi connectivity index (χ4v) is 2.64. The van der Waals surface area contributed by atoms with Gasteiger partial charge in [-0.3, -0.25) is 0 Å². The molecule has 0 spiro atoms. The van der Waals surface area contributed by atoms with E-state index >= 15 is 0 Å². The van der Waals surface area contributed by atoms with Crippen LogP contribution in [0.4, 0.5) is 0 Å². The predicted molar refractivity (Wildman–Crippen MR) is 90.0 cm³/mol. The highest BCUT2D eigenvalue weighted by Gasteiger charge is 2.22. The minimum absolute atomic E-state index is 0.318. The number of benzene rings is 1. The average Bonchev–Trinajstić information content (AvgIpc) is 2.98. The van der Waals surface area contributed by atoms with E-state index in [2.05, 4.69) is 50.0 Å². The van der Waals surface area contributed by atoms with Gasteiger partial charge in [-0.25, -0.2) is 4.99 Å². The first-order valence-corrected chi connectivity index (χ1v) is 8.50. The summed E-state index contributed by atoms with van der Waals surface area (Å²) in [5.74, 6) is 1.37. The van der Waals surface area contributed by atoms with Gasteiger partial charge in [-0.05, 0) is 36.5 Å². The molecule has 1 aromatic carbocycles. The van der Waals surface area contributed by atoms with Crippen LogP contribution < -0.4 is 0 Å². The lowest BCUT2D eigenvalue weighted by Crippen LogP contribution is -2.13. The molecule has 1 heterocycles. The van der Waals surface area contributed by atoms with Crippen LogP contribution in [-0.2, 0) is 11.2 Å². The van der Waals surface area contributed by atoms with Gasteiger partial charge in [-0.15, -0.1) is 0 Å². The van der Waals surface area contributed by atoms with Crippen LogP contribution in [0.25, 0.3) is 0 Å². The Morgan fingerprint density at radius 3 is 2.43 bits per heavy atom. The molecule has 21 heavy (non-hydrogen) atoms. The standard InChI is InChI=1S/C19H29NO/c1-4-5-6-7-8-9-16-10-12-17(13-11-16)19-20-18(14-21-19)15(2)3/h10-13,15,18H,4-9,14H2,1-3H3. The van der Waals surface area contributed by atoms with Crippen LogP contribution >= 0.6 is 0 Å². The van der Waals surface area contributed by atoms with Crippen LogP contribution in [0.5, 0.6) is 0 Å². The number of aliphatic imine (C=N–C) groups is 1. The maximum absolute atomic E-state index is 5.73. The highest BCUT2D eigenvalue weighted by Crippen LogP contribution is 2.18. The Balaban J connectivity index is 1.83. The van der Waals surface area contributed by atoms with E-state index < -0.39 is 0 Å². The molecule has 0 saturated heterocycles. The number of nitrogens with zero attached hydrogens (tertiary/aromatic N) is 1. The number of unbranched alkanes of at least 4 members (excludes halogenated alkanes) is 4. The van der Waals surface area contributed by atoms with Gasteiger partial charge in [0.2, 0.25) is 5.90 Å². The summed E-state index contributed by atoms with van der Waals surface area (Å²) in [5.41, 5.74) is 2.54. The number of hydrogen-bond acceptors (Lipinski definition) is 2. The van der Waals surface area contributed by atoms with E-state index in [0.29, 0.717) is 12.0 Å². The summed E-state index contributed by atoms with van der Waals surface area (Å²) in [6.45, 7) is 7.38. The van der Waals surface area contributed by atoms with Crippen molar-refractivity contribution >= 4 is 5.90 Å². The summed E-state index contributed by atoms with van der Waals surface area (Å²) in [4.78, 5) is 4.68. The molecule has 0 aromatic heterocycles. The maximum Gasteiger partial charge on any atom is 0.216 e. The van der Waals surface area contributed by atoms with Crippen molar-refractivity contribution < 1.29 is 4.74 Å². The van der Waals surface area contributed by atoms with E-state index in [-0.39, 0.29) is 0 Å².